The van der Waals surface area contributed by atoms with Gasteiger partial charge in [0.15, 0.2) is 0 Å². The van der Waals surface area contributed by atoms with Crippen LogP contribution in [0.2, 0.25) is 0 Å². The Balaban J connectivity index is 1.83. The Bertz CT molecular complexity index is 145. The molecule has 0 radical (unpaired) electrons. The monoisotopic (exact) mass is 187 g/mol. The number of hydrogen-bond donors (Lipinski definition) is 1. The van der Waals surface area contributed by atoms with E-state index < -0.39 is 0 Å². The molecule has 0 aromatic heterocycles. The van der Waals surface area contributed by atoms with Crippen LogP contribution in [0.3, 0.4) is 0 Å². The molecule has 1 saturated carbocycles. The zero-order valence-corrected chi connectivity index (χ0v) is 8.22. The van der Waals surface area contributed by atoms with Crippen LogP contribution in [0.4, 0.5) is 0 Å². The molecule has 3 heteroatoms. The molecule has 2 atom stereocenters. The molecule has 0 amide bonds. The molecule has 1 N–H and O–H groups in total. The molecule has 12 heavy (non-hydrogen) atoms. The van der Waals surface area contributed by atoms with E-state index in [1.807, 2.05) is 0 Å². The molecule has 1 aliphatic carbocycles. The lowest BCUT2D eigenvalue weighted by Gasteiger charge is -2.31. The third kappa shape index (κ3) is 1.95. The maximum atomic E-state index is 9.40. The zero-order chi connectivity index (χ0) is 8.39. The molecule has 70 valence electrons. The highest BCUT2D eigenvalue weighted by Gasteiger charge is 2.28. The molecule has 0 spiro atoms. The largest absolute Gasteiger partial charge is 0.393 e. The first-order chi connectivity index (χ1) is 5.86. The van der Waals surface area contributed by atoms with Crippen molar-refractivity contribution in [2.45, 2.75) is 31.4 Å². The Morgan fingerprint density at radius 3 is 2.50 bits per heavy atom. The fourth-order valence-corrected chi connectivity index (χ4v) is 3.14. The van der Waals surface area contributed by atoms with Gasteiger partial charge in [-0.3, -0.25) is 4.90 Å². The van der Waals surface area contributed by atoms with Crippen molar-refractivity contribution >= 4 is 11.8 Å². The number of hydrogen-bond acceptors (Lipinski definition) is 3. The van der Waals surface area contributed by atoms with Gasteiger partial charge in [-0.15, -0.1) is 0 Å². The van der Waals surface area contributed by atoms with Crippen molar-refractivity contribution in [3.8, 4) is 0 Å². The summed E-state index contributed by atoms with van der Waals surface area (Å²) in [5.74, 6) is 2.57. The van der Waals surface area contributed by atoms with Gasteiger partial charge in [-0.2, -0.15) is 11.8 Å². The quantitative estimate of drug-likeness (QED) is 0.661. The van der Waals surface area contributed by atoms with Crippen LogP contribution in [0.15, 0.2) is 0 Å². The van der Waals surface area contributed by atoms with Crippen LogP contribution >= 0.6 is 11.8 Å². The highest BCUT2D eigenvalue weighted by Crippen LogP contribution is 2.25. The molecule has 2 aliphatic rings. The predicted octanol–water partition coefficient (Wildman–Crippen LogP) is 0.949. The van der Waals surface area contributed by atoms with Gasteiger partial charge in [0.2, 0.25) is 0 Å². The minimum Gasteiger partial charge on any atom is -0.393 e. The Morgan fingerprint density at radius 2 is 1.92 bits per heavy atom. The Labute approximate surface area is 78.3 Å². The van der Waals surface area contributed by atoms with Crippen LogP contribution in [0.5, 0.6) is 0 Å². The van der Waals surface area contributed by atoms with E-state index in [4.69, 9.17) is 0 Å². The average molecular weight is 187 g/mol. The van der Waals surface area contributed by atoms with Crippen molar-refractivity contribution in [2.24, 2.45) is 0 Å². The first-order valence-corrected chi connectivity index (χ1v) is 6.01. The standard InChI is InChI=1S/C9H17NOS/c11-9-2-1-8(7-9)10-3-5-12-6-4-10/h8-9,11H,1-7H2. The molecular weight excluding hydrogens is 170 g/mol. The molecule has 2 fully saturated rings. The third-order valence-electron chi connectivity index (χ3n) is 2.94. The summed E-state index contributed by atoms with van der Waals surface area (Å²) in [6.45, 7) is 2.48. The van der Waals surface area contributed by atoms with Crippen molar-refractivity contribution in [3.63, 3.8) is 0 Å². The fourth-order valence-electron chi connectivity index (χ4n) is 2.21. The number of nitrogens with zero attached hydrogens (tertiary/aromatic N) is 1. The molecule has 1 saturated heterocycles. The van der Waals surface area contributed by atoms with Crippen molar-refractivity contribution in [3.05, 3.63) is 0 Å². The van der Waals surface area contributed by atoms with Crippen molar-refractivity contribution in [2.75, 3.05) is 24.6 Å². The number of thioether (sulfide) groups is 1. The van der Waals surface area contributed by atoms with E-state index in [1.165, 1.54) is 31.0 Å². The molecule has 0 bridgehead atoms. The summed E-state index contributed by atoms with van der Waals surface area (Å²) in [7, 11) is 0. The van der Waals surface area contributed by atoms with Gasteiger partial charge in [-0.05, 0) is 19.3 Å². The topological polar surface area (TPSA) is 23.5 Å². The van der Waals surface area contributed by atoms with Crippen molar-refractivity contribution < 1.29 is 5.11 Å². The van der Waals surface area contributed by atoms with Crippen LogP contribution in [-0.4, -0.2) is 46.7 Å². The van der Waals surface area contributed by atoms with Gasteiger partial charge in [0.25, 0.3) is 0 Å². The summed E-state index contributed by atoms with van der Waals surface area (Å²) < 4.78 is 0. The van der Waals surface area contributed by atoms with Gasteiger partial charge < -0.3 is 5.11 Å². The molecule has 1 heterocycles. The number of rotatable bonds is 1. The molecule has 0 aromatic carbocycles. The van der Waals surface area contributed by atoms with Gasteiger partial charge in [0.1, 0.15) is 0 Å². The lowest BCUT2D eigenvalue weighted by molar-refractivity contribution is 0.157. The number of aliphatic hydroxyl groups excluding tert-OH is 1. The second kappa shape index (κ2) is 3.99. The SMILES string of the molecule is OC1CCC(N2CCSCC2)C1. The minimum atomic E-state index is -0.00965. The average Bonchev–Trinajstić information content (AvgIpc) is 2.54. The van der Waals surface area contributed by atoms with Gasteiger partial charge in [-0.1, -0.05) is 0 Å². The van der Waals surface area contributed by atoms with Gasteiger partial charge in [0, 0.05) is 30.6 Å². The van der Waals surface area contributed by atoms with Gasteiger partial charge >= 0.3 is 0 Å². The zero-order valence-electron chi connectivity index (χ0n) is 7.41. The smallest absolute Gasteiger partial charge is 0.0555 e. The first kappa shape index (κ1) is 8.85. The van der Waals surface area contributed by atoms with E-state index in [1.54, 1.807) is 0 Å². The maximum absolute atomic E-state index is 9.40. The van der Waals surface area contributed by atoms with Gasteiger partial charge in [-0.25, -0.2) is 0 Å². The fraction of sp³-hybridized carbons (Fsp3) is 1.00. The van der Waals surface area contributed by atoms with E-state index >= 15 is 0 Å². The Kier molecular flexibility index (Phi) is 2.94. The summed E-state index contributed by atoms with van der Waals surface area (Å²) in [5, 5.41) is 9.40. The highest BCUT2D eigenvalue weighted by molar-refractivity contribution is 7.99. The second-order valence-corrected chi connectivity index (χ2v) is 4.99. The molecule has 2 rings (SSSR count). The third-order valence-corrected chi connectivity index (χ3v) is 3.88. The normalized spacial score (nSPS) is 38.8. The molecule has 1 aliphatic heterocycles. The Hall–Kier alpha value is 0.270. The van der Waals surface area contributed by atoms with Crippen molar-refractivity contribution in [1.29, 1.82) is 0 Å². The van der Waals surface area contributed by atoms with Crippen LogP contribution in [0, 0.1) is 0 Å². The summed E-state index contributed by atoms with van der Waals surface area (Å²) >= 11 is 2.05. The van der Waals surface area contributed by atoms with E-state index in [2.05, 4.69) is 16.7 Å². The van der Waals surface area contributed by atoms with Crippen LogP contribution in [0.1, 0.15) is 19.3 Å². The minimum absolute atomic E-state index is 0.00965. The lowest BCUT2D eigenvalue weighted by atomic mass is 10.2. The van der Waals surface area contributed by atoms with E-state index in [0.717, 1.165) is 12.8 Å². The van der Waals surface area contributed by atoms with Crippen LogP contribution in [0.25, 0.3) is 0 Å². The van der Waals surface area contributed by atoms with Crippen molar-refractivity contribution in [1.82, 2.24) is 4.90 Å². The highest BCUT2D eigenvalue weighted by atomic mass is 32.2. The summed E-state index contributed by atoms with van der Waals surface area (Å²) in [6, 6.07) is 0.695. The molecule has 2 unspecified atom stereocenters. The second-order valence-electron chi connectivity index (χ2n) is 3.77. The van der Waals surface area contributed by atoms with Gasteiger partial charge in [0.05, 0.1) is 6.10 Å². The predicted molar refractivity (Wildman–Crippen MR) is 52.5 cm³/mol. The molecular formula is C9H17NOS. The maximum Gasteiger partial charge on any atom is 0.0555 e. The summed E-state index contributed by atoms with van der Waals surface area (Å²) in [4.78, 5) is 2.56. The molecule has 2 nitrogen and oxygen atoms in total. The van der Waals surface area contributed by atoms with E-state index in [-0.39, 0.29) is 6.10 Å². The summed E-state index contributed by atoms with van der Waals surface area (Å²) in [6.07, 6.45) is 3.25. The number of aliphatic hydroxyl groups is 1. The summed E-state index contributed by atoms with van der Waals surface area (Å²) in [5.41, 5.74) is 0. The Morgan fingerprint density at radius 1 is 1.17 bits per heavy atom. The van der Waals surface area contributed by atoms with Crippen LogP contribution < -0.4 is 0 Å². The van der Waals surface area contributed by atoms with E-state index in [0.29, 0.717) is 6.04 Å². The van der Waals surface area contributed by atoms with E-state index in [9.17, 15) is 5.11 Å². The lowest BCUT2D eigenvalue weighted by Crippen LogP contribution is -2.40. The van der Waals surface area contributed by atoms with Crippen LogP contribution in [-0.2, 0) is 0 Å². The first-order valence-electron chi connectivity index (χ1n) is 4.86. The molecule has 0 aromatic rings.